The Morgan fingerprint density at radius 2 is 2.00 bits per heavy atom. The van der Waals surface area contributed by atoms with E-state index in [2.05, 4.69) is 53.6 Å². The predicted molar refractivity (Wildman–Crippen MR) is 129 cm³/mol. The Morgan fingerprint density at radius 3 is 2.69 bits per heavy atom. The molecule has 1 aliphatic heterocycles. The van der Waals surface area contributed by atoms with E-state index in [4.69, 9.17) is 9.73 Å². The second-order valence-corrected chi connectivity index (χ2v) is 7.41. The first-order valence-electron chi connectivity index (χ1n) is 10.4. The Bertz CT molecular complexity index is 729. The molecule has 1 aromatic carbocycles. The molecule has 2 aromatic rings. The summed E-state index contributed by atoms with van der Waals surface area (Å²) in [7, 11) is 2.14. The van der Waals surface area contributed by atoms with E-state index >= 15 is 0 Å². The average Bonchev–Trinajstić information content (AvgIpc) is 3.24. The van der Waals surface area contributed by atoms with E-state index in [1.54, 1.807) is 0 Å². The van der Waals surface area contributed by atoms with Crippen LogP contribution in [0, 0.1) is 5.92 Å². The SMILES string of the molecule is CCNC(=NCc1ccccc1Cn1cccn1)N(C)CCC1CCOCC1.I. The number of hydrogen-bond donors (Lipinski definition) is 1. The molecule has 0 atom stereocenters. The topological polar surface area (TPSA) is 54.7 Å². The second kappa shape index (κ2) is 12.8. The summed E-state index contributed by atoms with van der Waals surface area (Å²) in [5, 5.41) is 7.76. The summed E-state index contributed by atoms with van der Waals surface area (Å²) in [6.07, 6.45) is 7.37. The summed E-state index contributed by atoms with van der Waals surface area (Å²) in [6, 6.07) is 10.4. The van der Waals surface area contributed by atoms with Crippen LogP contribution in [0.3, 0.4) is 0 Å². The third kappa shape index (κ3) is 7.62. The van der Waals surface area contributed by atoms with E-state index in [9.17, 15) is 0 Å². The molecule has 29 heavy (non-hydrogen) atoms. The van der Waals surface area contributed by atoms with Crippen LogP contribution in [-0.4, -0.2) is 54.0 Å². The fourth-order valence-corrected chi connectivity index (χ4v) is 3.58. The number of rotatable bonds is 8. The summed E-state index contributed by atoms with van der Waals surface area (Å²) in [5.74, 6) is 1.75. The minimum atomic E-state index is 0. The average molecular weight is 511 g/mol. The molecular weight excluding hydrogens is 477 g/mol. The van der Waals surface area contributed by atoms with Gasteiger partial charge in [-0.2, -0.15) is 5.10 Å². The summed E-state index contributed by atoms with van der Waals surface area (Å²) in [6.45, 7) is 7.27. The molecule has 1 aliphatic rings. The zero-order chi connectivity index (χ0) is 19.6. The van der Waals surface area contributed by atoms with Crippen molar-refractivity contribution in [2.24, 2.45) is 10.9 Å². The van der Waals surface area contributed by atoms with Crippen LogP contribution >= 0.6 is 24.0 Å². The van der Waals surface area contributed by atoms with Gasteiger partial charge in [0.25, 0.3) is 0 Å². The third-order valence-corrected chi connectivity index (χ3v) is 5.32. The van der Waals surface area contributed by atoms with Gasteiger partial charge in [-0.25, -0.2) is 4.99 Å². The van der Waals surface area contributed by atoms with Crippen LogP contribution in [0.2, 0.25) is 0 Å². The van der Waals surface area contributed by atoms with Crippen molar-refractivity contribution in [3.63, 3.8) is 0 Å². The van der Waals surface area contributed by atoms with Gasteiger partial charge in [0.1, 0.15) is 0 Å². The van der Waals surface area contributed by atoms with Crippen LogP contribution in [0.25, 0.3) is 0 Å². The van der Waals surface area contributed by atoms with Crippen molar-refractivity contribution in [2.45, 2.75) is 39.3 Å². The quantitative estimate of drug-likeness (QED) is 0.333. The van der Waals surface area contributed by atoms with Crippen molar-refractivity contribution in [3.8, 4) is 0 Å². The van der Waals surface area contributed by atoms with Crippen LogP contribution in [0.4, 0.5) is 0 Å². The highest BCUT2D eigenvalue weighted by Gasteiger charge is 2.15. The number of guanidine groups is 1. The minimum Gasteiger partial charge on any atom is -0.381 e. The molecule has 0 spiro atoms. The van der Waals surface area contributed by atoms with Gasteiger partial charge in [-0.05, 0) is 49.3 Å². The summed E-state index contributed by atoms with van der Waals surface area (Å²) in [4.78, 5) is 7.17. The highest BCUT2D eigenvalue weighted by atomic mass is 127. The van der Waals surface area contributed by atoms with Gasteiger partial charge in [0, 0.05) is 45.7 Å². The zero-order valence-corrected chi connectivity index (χ0v) is 19.9. The van der Waals surface area contributed by atoms with Crippen molar-refractivity contribution in [1.82, 2.24) is 20.0 Å². The van der Waals surface area contributed by atoms with Gasteiger partial charge >= 0.3 is 0 Å². The number of hydrogen-bond acceptors (Lipinski definition) is 3. The molecule has 1 N–H and O–H groups in total. The molecule has 7 heteroatoms. The third-order valence-electron chi connectivity index (χ3n) is 5.32. The van der Waals surface area contributed by atoms with Gasteiger partial charge in [0.05, 0.1) is 13.1 Å². The highest BCUT2D eigenvalue weighted by molar-refractivity contribution is 14.0. The molecule has 0 amide bonds. The molecule has 2 heterocycles. The van der Waals surface area contributed by atoms with Crippen molar-refractivity contribution in [2.75, 3.05) is 33.4 Å². The second-order valence-electron chi connectivity index (χ2n) is 7.41. The first kappa shape index (κ1) is 23.7. The Labute approximate surface area is 191 Å². The van der Waals surface area contributed by atoms with Gasteiger partial charge in [0.2, 0.25) is 0 Å². The minimum absolute atomic E-state index is 0. The van der Waals surface area contributed by atoms with Gasteiger partial charge in [0.15, 0.2) is 5.96 Å². The van der Waals surface area contributed by atoms with Gasteiger partial charge in [-0.1, -0.05) is 24.3 Å². The van der Waals surface area contributed by atoms with Gasteiger partial charge in [-0.3, -0.25) is 4.68 Å². The first-order chi connectivity index (χ1) is 13.8. The van der Waals surface area contributed by atoms with Crippen molar-refractivity contribution >= 4 is 29.9 Å². The molecule has 0 radical (unpaired) electrons. The number of nitrogens with one attached hydrogen (secondary N) is 1. The lowest BCUT2D eigenvalue weighted by Gasteiger charge is -2.27. The maximum atomic E-state index is 5.47. The van der Waals surface area contributed by atoms with E-state index in [-0.39, 0.29) is 24.0 Å². The lowest BCUT2D eigenvalue weighted by molar-refractivity contribution is 0.0625. The Morgan fingerprint density at radius 1 is 1.24 bits per heavy atom. The standard InChI is InChI=1S/C22H33N5O.HI/c1-3-23-22(26(2)14-9-19-10-15-28-16-11-19)24-17-20-7-4-5-8-21(20)18-27-13-6-12-25-27;/h4-8,12-13,19H,3,9-11,14-18H2,1-2H3,(H,23,24);1H. The molecule has 1 fully saturated rings. The van der Waals surface area contributed by atoms with E-state index in [0.29, 0.717) is 6.54 Å². The van der Waals surface area contributed by atoms with Gasteiger partial charge in [-0.15, -0.1) is 24.0 Å². The molecule has 0 saturated carbocycles. The molecular formula is C22H34IN5O. The fourth-order valence-electron chi connectivity index (χ4n) is 3.58. The largest absolute Gasteiger partial charge is 0.381 e. The smallest absolute Gasteiger partial charge is 0.193 e. The van der Waals surface area contributed by atoms with E-state index in [1.807, 2.05) is 23.1 Å². The fraction of sp³-hybridized carbons (Fsp3) is 0.545. The maximum Gasteiger partial charge on any atom is 0.193 e. The van der Waals surface area contributed by atoms with Crippen LogP contribution in [-0.2, 0) is 17.8 Å². The van der Waals surface area contributed by atoms with Crippen molar-refractivity contribution < 1.29 is 4.74 Å². The molecule has 6 nitrogen and oxygen atoms in total. The van der Waals surface area contributed by atoms with E-state index in [0.717, 1.165) is 44.7 Å². The molecule has 0 aliphatic carbocycles. The summed E-state index contributed by atoms with van der Waals surface area (Å²) in [5.41, 5.74) is 2.50. The molecule has 160 valence electrons. The van der Waals surface area contributed by atoms with Crippen LogP contribution in [0.5, 0.6) is 0 Å². The predicted octanol–water partition coefficient (Wildman–Crippen LogP) is 3.76. The monoisotopic (exact) mass is 511 g/mol. The number of aliphatic imine (C=N–C) groups is 1. The number of halogens is 1. The molecule has 0 bridgehead atoms. The summed E-state index contributed by atoms with van der Waals surface area (Å²) >= 11 is 0. The molecule has 1 saturated heterocycles. The molecule has 0 unspecified atom stereocenters. The first-order valence-corrected chi connectivity index (χ1v) is 10.4. The molecule has 1 aromatic heterocycles. The van der Waals surface area contributed by atoms with Crippen LogP contribution < -0.4 is 5.32 Å². The number of nitrogens with zero attached hydrogens (tertiary/aromatic N) is 4. The van der Waals surface area contributed by atoms with Crippen LogP contribution in [0.1, 0.15) is 37.3 Å². The zero-order valence-electron chi connectivity index (χ0n) is 17.6. The lowest BCUT2D eigenvalue weighted by atomic mass is 9.96. The van der Waals surface area contributed by atoms with E-state index in [1.165, 1.54) is 30.4 Å². The van der Waals surface area contributed by atoms with Gasteiger partial charge < -0.3 is 15.0 Å². The van der Waals surface area contributed by atoms with Crippen molar-refractivity contribution in [3.05, 3.63) is 53.9 Å². The highest BCUT2D eigenvalue weighted by Crippen LogP contribution is 2.18. The number of aromatic nitrogens is 2. The number of benzene rings is 1. The Kier molecular flexibility index (Phi) is 10.5. The van der Waals surface area contributed by atoms with Crippen LogP contribution in [0.15, 0.2) is 47.7 Å². The van der Waals surface area contributed by atoms with Crippen molar-refractivity contribution in [1.29, 1.82) is 0 Å². The normalized spacial score (nSPS) is 15.0. The van der Waals surface area contributed by atoms with E-state index < -0.39 is 0 Å². The Balaban J connectivity index is 0.00000300. The maximum absolute atomic E-state index is 5.47. The number of ether oxygens (including phenoxy) is 1. The Hall–Kier alpha value is -1.61. The lowest BCUT2D eigenvalue weighted by Crippen LogP contribution is -2.40. The summed E-state index contributed by atoms with van der Waals surface area (Å²) < 4.78 is 7.42. The molecule has 3 rings (SSSR count).